The summed E-state index contributed by atoms with van der Waals surface area (Å²) in [7, 11) is 1.28. The quantitative estimate of drug-likeness (QED) is 0.809. The van der Waals surface area contributed by atoms with Gasteiger partial charge in [-0.15, -0.1) is 0 Å². The Morgan fingerprint density at radius 1 is 1.44 bits per heavy atom. The zero-order valence-electron chi connectivity index (χ0n) is 14.1. The van der Waals surface area contributed by atoms with E-state index in [4.69, 9.17) is 0 Å². The molecule has 0 radical (unpaired) electrons. The molecule has 2 aromatic rings. The maximum Gasteiger partial charge on any atom is 0.334 e. The van der Waals surface area contributed by atoms with Crippen LogP contribution < -0.4 is 0 Å². The zero-order chi connectivity index (χ0) is 17.8. The molecule has 1 aromatic heterocycles. The number of carbonyl (C=O) groups excluding carboxylic acids is 1. The minimum Gasteiger partial charge on any atom is -0.467 e. The molecular weight excluding hydrogens is 325 g/mol. The third-order valence-corrected chi connectivity index (χ3v) is 4.78. The third kappa shape index (κ3) is 3.88. The van der Waals surface area contributed by atoms with Crippen LogP contribution in [0, 0.1) is 11.7 Å². The number of nitrogens with one attached hydrogen (secondary N) is 1. The molecule has 25 heavy (non-hydrogen) atoms. The van der Waals surface area contributed by atoms with Crippen molar-refractivity contribution < 1.29 is 19.0 Å². The van der Waals surface area contributed by atoms with Gasteiger partial charge in [-0.1, -0.05) is 12.1 Å². The molecular formula is C18H22FN3O3. The molecule has 3 rings (SSSR count). The Morgan fingerprint density at radius 3 is 2.84 bits per heavy atom. The lowest BCUT2D eigenvalue weighted by molar-refractivity contribution is -0.154. The van der Waals surface area contributed by atoms with E-state index in [1.807, 2.05) is 0 Å². The van der Waals surface area contributed by atoms with E-state index in [0.29, 0.717) is 30.6 Å². The first-order valence-electron chi connectivity index (χ1n) is 8.35. The van der Waals surface area contributed by atoms with Gasteiger partial charge in [-0.3, -0.25) is 10.00 Å². The number of aliphatic hydroxyl groups is 1. The number of esters is 1. The smallest absolute Gasteiger partial charge is 0.334 e. The number of hydrogen-bond acceptors (Lipinski definition) is 5. The summed E-state index contributed by atoms with van der Waals surface area (Å²) < 4.78 is 18.6. The van der Waals surface area contributed by atoms with E-state index >= 15 is 0 Å². The SMILES string of the molecule is COC(=O)C(O)C1CCN(Cc2cn[nH]c2-c2ccccc2F)CC1. The van der Waals surface area contributed by atoms with Crippen molar-refractivity contribution in [2.45, 2.75) is 25.5 Å². The van der Waals surface area contributed by atoms with E-state index < -0.39 is 12.1 Å². The fourth-order valence-electron chi connectivity index (χ4n) is 3.31. The predicted octanol–water partition coefficient (Wildman–Crippen LogP) is 1.96. The van der Waals surface area contributed by atoms with Crippen LogP contribution in [0.4, 0.5) is 4.39 Å². The molecule has 1 saturated heterocycles. The summed E-state index contributed by atoms with van der Waals surface area (Å²) in [6.07, 6.45) is 2.08. The van der Waals surface area contributed by atoms with Crippen molar-refractivity contribution in [1.29, 1.82) is 0 Å². The van der Waals surface area contributed by atoms with Crippen LogP contribution in [0.3, 0.4) is 0 Å². The lowest BCUT2D eigenvalue weighted by Crippen LogP contribution is -2.40. The maximum atomic E-state index is 14.0. The molecule has 7 heteroatoms. The van der Waals surface area contributed by atoms with Crippen LogP contribution in [0.5, 0.6) is 0 Å². The number of nitrogens with zero attached hydrogens (tertiary/aromatic N) is 2. The van der Waals surface area contributed by atoms with Crippen molar-refractivity contribution in [3.63, 3.8) is 0 Å². The highest BCUT2D eigenvalue weighted by molar-refractivity contribution is 5.74. The topological polar surface area (TPSA) is 78.5 Å². The van der Waals surface area contributed by atoms with E-state index in [-0.39, 0.29) is 11.7 Å². The number of hydrogen-bond donors (Lipinski definition) is 2. The van der Waals surface area contributed by atoms with Gasteiger partial charge in [0, 0.05) is 17.7 Å². The number of benzene rings is 1. The molecule has 134 valence electrons. The van der Waals surface area contributed by atoms with Crippen molar-refractivity contribution in [3.05, 3.63) is 41.8 Å². The largest absolute Gasteiger partial charge is 0.467 e. The number of aliphatic hydroxyl groups excluding tert-OH is 1. The van der Waals surface area contributed by atoms with Gasteiger partial charge < -0.3 is 9.84 Å². The standard InChI is InChI=1S/C18H22FN3O3/c1-25-18(24)17(23)12-6-8-22(9-7-12)11-13-10-20-21-16(13)14-4-2-3-5-15(14)19/h2-5,10,12,17,23H,6-9,11H2,1H3,(H,20,21). The van der Waals surface area contributed by atoms with E-state index in [1.165, 1.54) is 13.2 Å². The number of aromatic amines is 1. The van der Waals surface area contributed by atoms with Crippen LogP contribution >= 0.6 is 0 Å². The number of halogens is 1. The Labute approximate surface area is 145 Å². The van der Waals surface area contributed by atoms with Crippen LogP contribution in [-0.2, 0) is 16.1 Å². The highest BCUT2D eigenvalue weighted by Crippen LogP contribution is 2.27. The van der Waals surface area contributed by atoms with Crippen LogP contribution in [0.2, 0.25) is 0 Å². The Hall–Kier alpha value is -2.25. The molecule has 1 unspecified atom stereocenters. The molecule has 0 amide bonds. The number of aromatic nitrogens is 2. The van der Waals surface area contributed by atoms with Gasteiger partial charge in [0.05, 0.1) is 19.0 Å². The van der Waals surface area contributed by atoms with Gasteiger partial charge in [0.1, 0.15) is 5.82 Å². The number of rotatable bonds is 5. The van der Waals surface area contributed by atoms with E-state index in [0.717, 1.165) is 18.7 Å². The maximum absolute atomic E-state index is 14.0. The number of methoxy groups -OCH3 is 1. The minimum atomic E-state index is -1.06. The Kier molecular flexibility index (Phi) is 5.45. The van der Waals surface area contributed by atoms with Gasteiger partial charge in [0.2, 0.25) is 0 Å². The van der Waals surface area contributed by atoms with Crippen LogP contribution in [0.1, 0.15) is 18.4 Å². The van der Waals surface area contributed by atoms with Gasteiger partial charge in [-0.2, -0.15) is 5.10 Å². The molecule has 1 fully saturated rings. The number of H-pyrrole nitrogens is 1. The second-order valence-corrected chi connectivity index (χ2v) is 6.33. The Bertz CT molecular complexity index is 726. The van der Waals surface area contributed by atoms with Crippen LogP contribution in [-0.4, -0.2) is 52.5 Å². The zero-order valence-corrected chi connectivity index (χ0v) is 14.1. The molecule has 2 N–H and O–H groups in total. The summed E-state index contributed by atoms with van der Waals surface area (Å²) in [5.41, 5.74) is 2.12. The van der Waals surface area contributed by atoms with E-state index in [9.17, 15) is 14.3 Å². The summed E-state index contributed by atoms with van der Waals surface area (Å²) >= 11 is 0. The predicted molar refractivity (Wildman–Crippen MR) is 90.0 cm³/mol. The monoisotopic (exact) mass is 347 g/mol. The van der Waals surface area contributed by atoms with Crippen molar-refractivity contribution in [2.24, 2.45) is 5.92 Å². The van der Waals surface area contributed by atoms with Gasteiger partial charge in [0.15, 0.2) is 6.10 Å². The van der Waals surface area contributed by atoms with Crippen molar-refractivity contribution in [2.75, 3.05) is 20.2 Å². The number of likely N-dealkylation sites (tertiary alicyclic amines) is 1. The van der Waals surface area contributed by atoms with E-state index in [1.54, 1.807) is 24.4 Å². The first kappa shape index (κ1) is 17.6. The molecule has 1 aromatic carbocycles. The number of carbonyl (C=O) groups is 1. The summed E-state index contributed by atoms with van der Waals surface area (Å²) in [6.45, 7) is 2.14. The summed E-state index contributed by atoms with van der Waals surface area (Å²) in [4.78, 5) is 13.7. The fourth-order valence-corrected chi connectivity index (χ4v) is 3.31. The van der Waals surface area contributed by atoms with Gasteiger partial charge in [-0.25, -0.2) is 9.18 Å². The normalized spacial score (nSPS) is 17.4. The lowest BCUT2D eigenvalue weighted by Gasteiger charge is -2.33. The fraction of sp³-hybridized carbons (Fsp3) is 0.444. The molecule has 2 heterocycles. The molecule has 6 nitrogen and oxygen atoms in total. The van der Waals surface area contributed by atoms with E-state index in [2.05, 4.69) is 19.8 Å². The average molecular weight is 347 g/mol. The Balaban J connectivity index is 1.63. The summed E-state index contributed by atoms with van der Waals surface area (Å²) in [5.74, 6) is -0.942. The number of piperidine rings is 1. The van der Waals surface area contributed by atoms with Gasteiger partial charge in [-0.05, 0) is 44.0 Å². The minimum absolute atomic E-state index is 0.0842. The molecule has 0 saturated carbocycles. The first-order chi connectivity index (χ1) is 12.1. The molecule has 1 atom stereocenters. The second kappa shape index (κ2) is 7.76. The van der Waals surface area contributed by atoms with Crippen molar-refractivity contribution >= 4 is 5.97 Å². The summed E-state index contributed by atoms with van der Waals surface area (Å²) in [6, 6.07) is 6.61. The van der Waals surface area contributed by atoms with Gasteiger partial charge >= 0.3 is 5.97 Å². The molecule has 1 aliphatic rings. The van der Waals surface area contributed by atoms with Crippen LogP contribution in [0.15, 0.2) is 30.5 Å². The molecule has 1 aliphatic heterocycles. The second-order valence-electron chi connectivity index (χ2n) is 6.33. The van der Waals surface area contributed by atoms with Crippen molar-refractivity contribution in [1.82, 2.24) is 15.1 Å². The molecule has 0 bridgehead atoms. The summed E-state index contributed by atoms with van der Waals surface area (Å²) in [5, 5.41) is 16.9. The van der Waals surface area contributed by atoms with Gasteiger partial charge in [0.25, 0.3) is 0 Å². The average Bonchev–Trinajstić information content (AvgIpc) is 3.09. The molecule has 0 spiro atoms. The first-order valence-corrected chi connectivity index (χ1v) is 8.35. The molecule has 0 aliphatic carbocycles. The highest BCUT2D eigenvalue weighted by atomic mass is 19.1. The van der Waals surface area contributed by atoms with Crippen LogP contribution in [0.25, 0.3) is 11.3 Å². The lowest BCUT2D eigenvalue weighted by atomic mass is 9.91. The highest BCUT2D eigenvalue weighted by Gasteiger charge is 2.30. The number of ether oxygens (including phenoxy) is 1. The Morgan fingerprint density at radius 2 is 2.16 bits per heavy atom. The third-order valence-electron chi connectivity index (χ3n) is 4.78. The van der Waals surface area contributed by atoms with Crippen molar-refractivity contribution in [3.8, 4) is 11.3 Å².